The van der Waals surface area contributed by atoms with Crippen LogP contribution < -0.4 is 20.1 Å². The van der Waals surface area contributed by atoms with Gasteiger partial charge in [0.2, 0.25) is 0 Å². The molecule has 9 heteroatoms. The van der Waals surface area contributed by atoms with Crippen molar-refractivity contribution in [1.82, 2.24) is 10.2 Å². The van der Waals surface area contributed by atoms with Gasteiger partial charge < -0.3 is 20.1 Å². The van der Waals surface area contributed by atoms with E-state index in [1.54, 1.807) is 14.2 Å². The van der Waals surface area contributed by atoms with E-state index >= 15 is 0 Å². The Labute approximate surface area is 210 Å². The summed E-state index contributed by atoms with van der Waals surface area (Å²) >= 11 is 0. The Balaban J connectivity index is 1.51. The second-order valence-corrected chi connectivity index (χ2v) is 9.97. The average molecular weight is 506 g/mol. The number of halogens is 3. The summed E-state index contributed by atoms with van der Waals surface area (Å²) in [5.41, 5.74) is 0.457. The first kappa shape index (κ1) is 26.1. The Kier molecular flexibility index (Phi) is 7.41. The van der Waals surface area contributed by atoms with Crippen LogP contribution in [-0.2, 0) is 11.6 Å². The molecule has 1 saturated heterocycles. The topological polar surface area (TPSA) is 62.8 Å². The number of benzene rings is 2. The number of hydrogen-bond donors (Lipinski definition) is 2. The van der Waals surface area contributed by atoms with Crippen LogP contribution in [0, 0.1) is 0 Å². The molecule has 1 aliphatic heterocycles. The molecule has 0 radical (unpaired) electrons. The molecular formula is C27H34F3N3O3. The quantitative estimate of drug-likeness (QED) is 0.520. The molecular weight excluding hydrogens is 471 g/mol. The number of likely N-dealkylation sites (tertiary alicyclic amines) is 1. The van der Waals surface area contributed by atoms with E-state index in [0.29, 0.717) is 17.5 Å². The Morgan fingerprint density at radius 1 is 1.08 bits per heavy atom. The number of hydrogen-bond acceptors (Lipinski definition) is 4. The predicted octanol–water partition coefficient (Wildman–Crippen LogP) is 5.82. The van der Waals surface area contributed by atoms with Crippen LogP contribution in [-0.4, -0.2) is 49.8 Å². The van der Waals surface area contributed by atoms with Gasteiger partial charge in [0, 0.05) is 29.2 Å². The zero-order valence-corrected chi connectivity index (χ0v) is 21.1. The fourth-order valence-corrected chi connectivity index (χ4v) is 5.94. The van der Waals surface area contributed by atoms with Crippen molar-refractivity contribution in [2.75, 3.05) is 26.1 Å². The molecule has 2 aliphatic rings. The van der Waals surface area contributed by atoms with Gasteiger partial charge >= 0.3 is 12.2 Å². The fraction of sp³-hybridized carbons (Fsp3) is 0.519. The monoisotopic (exact) mass is 505 g/mol. The standard InChI is InChI=1S/C27H34F3N3O3/c1-17(2)33-13-12-26(18-8-9-22(35-3)23(15-18)36-4)11-10-21(16-24(26)33)32-25(34)31-20-7-5-6-19(14-20)27(28,29)30/h5-9,14-15,17,21,24H,10-13,16H2,1-4H3,(H2,31,32,34)/t21-,24+,26-/m0/s1. The van der Waals surface area contributed by atoms with Crippen molar-refractivity contribution >= 4 is 11.7 Å². The third-order valence-electron chi connectivity index (χ3n) is 7.71. The normalized spacial score (nSPS) is 24.3. The minimum absolute atomic E-state index is 0.0699. The van der Waals surface area contributed by atoms with E-state index in [-0.39, 0.29) is 23.2 Å². The molecule has 0 unspecified atom stereocenters. The number of amides is 2. The maximum absolute atomic E-state index is 13.0. The highest BCUT2D eigenvalue weighted by Gasteiger charge is 2.52. The number of ether oxygens (including phenoxy) is 2. The average Bonchev–Trinajstić information content (AvgIpc) is 3.23. The minimum atomic E-state index is -4.46. The number of anilines is 1. The lowest BCUT2D eigenvalue weighted by molar-refractivity contribution is -0.137. The van der Waals surface area contributed by atoms with Gasteiger partial charge in [0.1, 0.15) is 0 Å². The van der Waals surface area contributed by atoms with Gasteiger partial charge in [-0.25, -0.2) is 4.79 Å². The van der Waals surface area contributed by atoms with Crippen molar-refractivity contribution in [1.29, 1.82) is 0 Å². The first-order valence-corrected chi connectivity index (χ1v) is 12.3. The molecule has 2 amide bonds. The SMILES string of the molecule is COc1ccc([C@@]23CC[C@H](NC(=O)Nc4cccc(C(F)(F)F)c4)C[C@H]2N(C(C)C)CC3)cc1OC. The maximum atomic E-state index is 13.0. The van der Waals surface area contributed by atoms with Crippen LogP contribution in [0.15, 0.2) is 42.5 Å². The van der Waals surface area contributed by atoms with Crippen LogP contribution in [0.3, 0.4) is 0 Å². The largest absolute Gasteiger partial charge is 0.493 e. The van der Waals surface area contributed by atoms with Crippen LogP contribution in [0.25, 0.3) is 0 Å². The summed E-state index contributed by atoms with van der Waals surface area (Å²) in [4.78, 5) is 15.2. The third kappa shape index (κ3) is 5.12. The summed E-state index contributed by atoms with van der Waals surface area (Å²) in [6.07, 6.45) is -1.05. The predicted molar refractivity (Wildman–Crippen MR) is 133 cm³/mol. The van der Waals surface area contributed by atoms with Gasteiger partial charge in [0.25, 0.3) is 0 Å². The second kappa shape index (κ2) is 10.2. The summed E-state index contributed by atoms with van der Waals surface area (Å²) in [5, 5.41) is 5.57. The third-order valence-corrected chi connectivity index (χ3v) is 7.71. The zero-order chi connectivity index (χ0) is 26.1. The molecule has 4 rings (SSSR count). The molecule has 0 spiro atoms. The Hall–Kier alpha value is -2.94. The Bertz CT molecular complexity index is 1090. The molecule has 1 heterocycles. The van der Waals surface area contributed by atoms with E-state index < -0.39 is 17.8 Å². The number of alkyl halides is 3. The van der Waals surface area contributed by atoms with Crippen LogP contribution >= 0.6 is 0 Å². The highest BCUT2D eigenvalue weighted by molar-refractivity contribution is 5.89. The van der Waals surface area contributed by atoms with E-state index in [0.717, 1.165) is 44.4 Å². The lowest BCUT2D eigenvalue weighted by atomic mass is 9.65. The summed E-state index contributed by atoms with van der Waals surface area (Å²) in [6.45, 7) is 5.32. The number of carbonyl (C=O) groups is 1. The molecule has 2 fully saturated rings. The first-order chi connectivity index (χ1) is 17.1. The smallest absolute Gasteiger partial charge is 0.416 e. The first-order valence-electron chi connectivity index (χ1n) is 12.3. The van der Waals surface area contributed by atoms with Gasteiger partial charge in [-0.05, 0) is 82.0 Å². The molecule has 2 N–H and O–H groups in total. The number of nitrogens with one attached hydrogen (secondary N) is 2. The number of urea groups is 1. The van der Waals surface area contributed by atoms with Gasteiger partial charge in [0.05, 0.1) is 19.8 Å². The summed E-state index contributed by atoms with van der Waals surface area (Å²) < 4.78 is 50.1. The lowest BCUT2D eigenvalue weighted by Gasteiger charge is -2.46. The van der Waals surface area contributed by atoms with Gasteiger partial charge in [-0.1, -0.05) is 12.1 Å². The molecule has 6 nitrogen and oxygen atoms in total. The minimum Gasteiger partial charge on any atom is -0.493 e. The second-order valence-electron chi connectivity index (χ2n) is 9.97. The molecule has 3 atom stereocenters. The van der Waals surface area contributed by atoms with Crippen LogP contribution in [0.5, 0.6) is 11.5 Å². The number of nitrogens with zero attached hydrogens (tertiary/aromatic N) is 1. The van der Waals surface area contributed by atoms with Crippen molar-refractivity contribution in [2.45, 2.75) is 69.2 Å². The van der Waals surface area contributed by atoms with Crippen molar-refractivity contribution in [3.8, 4) is 11.5 Å². The number of rotatable bonds is 6. The molecule has 1 saturated carbocycles. The van der Waals surface area contributed by atoms with E-state index in [2.05, 4.69) is 41.5 Å². The molecule has 196 valence electrons. The van der Waals surface area contributed by atoms with E-state index in [1.807, 2.05) is 6.07 Å². The Morgan fingerprint density at radius 3 is 2.50 bits per heavy atom. The zero-order valence-electron chi connectivity index (χ0n) is 21.1. The Morgan fingerprint density at radius 2 is 1.83 bits per heavy atom. The molecule has 36 heavy (non-hydrogen) atoms. The number of methoxy groups -OCH3 is 2. The van der Waals surface area contributed by atoms with E-state index in [9.17, 15) is 18.0 Å². The lowest BCUT2D eigenvalue weighted by Crippen LogP contribution is -2.54. The molecule has 2 aromatic rings. The van der Waals surface area contributed by atoms with Gasteiger partial charge in [-0.2, -0.15) is 13.2 Å². The van der Waals surface area contributed by atoms with Crippen LogP contribution in [0.4, 0.5) is 23.7 Å². The van der Waals surface area contributed by atoms with Gasteiger partial charge in [0.15, 0.2) is 11.5 Å². The van der Waals surface area contributed by atoms with Crippen molar-refractivity contribution in [3.05, 3.63) is 53.6 Å². The molecule has 1 aliphatic carbocycles. The van der Waals surface area contributed by atoms with Crippen LogP contribution in [0.2, 0.25) is 0 Å². The van der Waals surface area contributed by atoms with E-state index in [4.69, 9.17) is 9.47 Å². The van der Waals surface area contributed by atoms with Crippen LogP contribution in [0.1, 0.15) is 50.7 Å². The van der Waals surface area contributed by atoms with Crippen molar-refractivity contribution in [3.63, 3.8) is 0 Å². The fourth-order valence-electron chi connectivity index (χ4n) is 5.94. The number of carbonyl (C=O) groups excluding carboxylic acids is 1. The van der Waals surface area contributed by atoms with Crippen molar-refractivity contribution < 1.29 is 27.4 Å². The highest BCUT2D eigenvalue weighted by atomic mass is 19.4. The van der Waals surface area contributed by atoms with E-state index in [1.165, 1.54) is 17.7 Å². The molecule has 2 aromatic carbocycles. The van der Waals surface area contributed by atoms with Crippen molar-refractivity contribution in [2.24, 2.45) is 0 Å². The number of fused-ring (bicyclic) bond motifs is 1. The van der Waals surface area contributed by atoms with Gasteiger partial charge in [-0.3, -0.25) is 4.90 Å². The molecule has 0 aromatic heterocycles. The highest BCUT2D eigenvalue weighted by Crippen LogP contribution is 2.51. The van der Waals surface area contributed by atoms with Gasteiger partial charge in [-0.15, -0.1) is 0 Å². The summed E-state index contributed by atoms with van der Waals surface area (Å²) in [6, 6.07) is 10.8. The summed E-state index contributed by atoms with van der Waals surface area (Å²) in [5.74, 6) is 1.39. The summed E-state index contributed by atoms with van der Waals surface area (Å²) in [7, 11) is 3.26. The molecule has 0 bridgehead atoms. The maximum Gasteiger partial charge on any atom is 0.416 e.